The third-order valence-electron chi connectivity index (χ3n) is 4.31. The SMILES string of the molecule is CN(C)c1ccc(C2=NN(C(=O)CCC(=O)O)C(c3cccs3)C2)cc1. The van der Waals surface area contributed by atoms with Gasteiger partial charge in [-0.05, 0) is 29.1 Å². The van der Waals surface area contributed by atoms with Crippen LogP contribution >= 0.6 is 11.3 Å². The van der Waals surface area contributed by atoms with Gasteiger partial charge in [0, 0.05) is 37.5 Å². The van der Waals surface area contributed by atoms with E-state index in [0.717, 1.165) is 21.8 Å². The molecule has 0 saturated carbocycles. The van der Waals surface area contributed by atoms with Gasteiger partial charge in [0.2, 0.25) is 5.91 Å². The van der Waals surface area contributed by atoms with E-state index in [2.05, 4.69) is 5.10 Å². The first kappa shape index (κ1) is 18.1. The first-order valence-electron chi connectivity index (χ1n) is 8.38. The van der Waals surface area contributed by atoms with E-state index < -0.39 is 5.97 Å². The van der Waals surface area contributed by atoms with Crippen LogP contribution in [0.25, 0.3) is 0 Å². The molecule has 1 unspecified atom stereocenters. The summed E-state index contributed by atoms with van der Waals surface area (Å²) in [6.07, 6.45) is 0.392. The van der Waals surface area contributed by atoms with E-state index >= 15 is 0 Å². The summed E-state index contributed by atoms with van der Waals surface area (Å²) in [4.78, 5) is 26.4. The number of carbonyl (C=O) groups is 2. The molecular formula is C19H21N3O3S. The van der Waals surface area contributed by atoms with Gasteiger partial charge in [-0.1, -0.05) is 18.2 Å². The summed E-state index contributed by atoms with van der Waals surface area (Å²) in [5, 5.41) is 16.8. The van der Waals surface area contributed by atoms with E-state index in [9.17, 15) is 9.59 Å². The van der Waals surface area contributed by atoms with Crippen molar-refractivity contribution in [3.63, 3.8) is 0 Å². The zero-order valence-corrected chi connectivity index (χ0v) is 15.6. The van der Waals surface area contributed by atoms with Crippen molar-refractivity contribution >= 4 is 34.6 Å². The van der Waals surface area contributed by atoms with Gasteiger partial charge in [-0.15, -0.1) is 11.3 Å². The zero-order chi connectivity index (χ0) is 18.7. The number of hydrogen-bond donors (Lipinski definition) is 1. The van der Waals surface area contributed by atoms with Gasteiger partial charge < -0.3 is 10.0 Å². The number of aliphatic carboxylic acids is 1. The summed E-state index contributed by atoms with van der Waals surface area (Å²) in [6.45, 7) is 0. The molecule has 1 amide bonds. The molecule has 3 rings (SSSR count). The maximum Gasteiger partial charge on any atom is 0.303 e. The van der Waals surface area contributed by atoms with Gasteiger partial charge in [0.1, 0.15) is 0 Å². The van der Waals surface area contributed by atoms with Crippen molar-refractivity contribution < 1.29 is 14.7 Å². The second-order valence-corrected chi connectivity index (χ2v) is 7.33. The van der Waals surface area contributed by atoms with E-state index in [4.69, 9.17) is 5.11 Å². The summed E-state index contributed by atoms with van der Waals surface area (Å²) < 4.78 is 0. The van der Waals surface area contributed by atoms with E-state index in [1.54, 1.807) is 11.3 Å². The van der Waals surface area contributed by atoms with Crippen molar-refractivity contribution in [2.24, 2.45) is 5.10 Å². The molecule has 0 aliphatic carbocycles. The Kier molecular flexibility index (Phi) is 5.37. The van der Waals surface area contributed by atoms with E-state index in [0.29, 0.717) is 6.42 Å². The number of thiophene rings is 1. The number of carboxylic acid groups (broad SMARTS) is 1. The molecule has 1 aliphatic rings. The molecule has 26 heavy (non-hydrogen) atoms. The summed E-state index contributed by atoms with van der Waals surface area (Å²) in [5.41, 5.74) is 2.92. The molecule has 0 radical (unpaired) electrons. The molecule has 0 spiro atoms. The fourth-order valence-corrected chi connectivity index (χ4v) is 3.71. The van der Waals surface area contributed by atoms with Gasteiger partial charge >= 0.3 is 5.97 Å². The highest BCUT2D eigenvalue weighted by Crippen LogP contribution is 2.35. The minimum absolute atomic E-state index is 0.0481. The van der Waals surface area contributed by atoms with Gasteiger partial charge in [-0.2, -0.15) is 5.10 Å². The Morgan fingerprint density at radius 2 is 1.96 bits per heavy atom. The van der Waals surface area contributed by atoms with Crippen LogP contribution in [-0.4, -0.2) is 41.8 Å². The number of hydrazone groups is 1. The number of benzene rings is 1. The van der Waals surface area contributed by atoms with Crippen LogP contribution in [0.1, 0.15) is 35.7 Å². The van der Waals surface area contributed by atoms with Gasteiger partial charge in [0.25, 0.3) is 0 Å². The van der Waals surface area contributed by atoms with Crippen molar-refractivity contribution in [1.29, 1.82) is 0 Å². The fourth-order valence-electron chi connectivity index (χ4n) is 2.90. The normalized spacial score (nSPS) is 16.5. The maximum atomic E-state index is 12.5. The van der Waals surface area contributed by atoms with Crippen LogP contribution < -0.4 is 4.90 Å². The highest BCUT2D eigenvalue weighted by molar-refractivity contribution is 7.10. The molecule has 1 aliphatic heterocycles. The standard InChI is InChI=1S/C19H21N3O3S/c1-21(2)14-7-5-13(6-8-14)15-12-16(17-4-3-11-26-17)22(20-15)18(23)9-10-19(24)25/h3-8,11,16H,9-10,12H2,1-2H3,(H,24,25). The molecule has 7 heteroatoms. The first-order valence-corrected chi connectivity index (χ1v) is 9.26. The lowest BCUT2D eigenvalue weighted by Crippen LogP contribution is -2.26. The molecule has 0 bridgehead atoms. The van der Waals surface area contributed by atoms with Crippen molar-refractivity contribution in [3.05, 3.63) is 52.2 Å². The molecule has 0 saturated heterocycles. The smallest absolute Gasteiger partial charge is 0.303 e. The molecule has 136 valence electrons. The van der Waals surface area contributed by atoms with Gasteiger partial charge in [0.15, 0.2) is 0 Å². The van der Waals surface area contributed by atoms with Crippen LogP contribution in [0.4, 0.5) is 5.69 Å². The quantitative estimate of drug-likeness (QED) is 0.845. The molecule has 1 aromatic carbocycles. The number of hydrogen-bond acceptors (Lipinski definition) is 5. The van der Waals surface area contributed by atoms with E-state index in [-0.39, 0.29) is 24.8 Å². The molecule has 2 heterocycles. The topological polar surface area (TPSA) is 73.2 Å². The fraction of sp³-hybridized carbons (Fsp3) is 0.316. The molecular weight excluding hydrogens is 350 g/mol. The molecule has 1 atom stereocenters. The minimum atomic E-state index is -0.978. The Morgan fingerprint density at radius 3 is 2.54 bits per heavy atom. The summed E-state index contributed by atoms with van der Waals surface area (Å²) in [6, 6.07) is 11.8. The average Bonchev–Trinajstić information content (AvgIpc) is 3.29. The lowest BCUT2D eigenvalue weighted by atomic mass is 10.0. The van der Waals surface area contributed by atoms with Gasteiger partial charge in [-0.3, -0.25) is 9.59 Å². The van der Waals surface area contributed by atoms with Crippen LogP contribution in [-0.2, 0) is 9.59 Å². The van der Waals surface area contributed by atoms with Crippen LogP contribution in [0.15, 0.2) is 46.9 Å². The van der Waals surface area contributed by atoms with Crippen LogP contribution in [0, 0.1) is 0 Å². The highest BCUT2D eigenvalue weighted by Gasteiger charge is 2.33. The molecule has 1 N–H and O–H groups in total. The van der Waals surface area contributed by atoms with Crippen molar-refractivity contribution in [3.8, 4) is 0 Å². The number of rotatable bonds is 6. The summed E-state index contributed by atoms with van der Waals surface area (Å²) >= 11 is 1.58. The minimum Gasteiger partial charge on any atom is -0.481 e. The first-order chi connectivity index (χ1) is 12.5. The Labute approximate surface area is 156 Å². The van der Waals surface area contributed by atoms with E-state index in [1.165, 1.54) is 5.01 Å². The second-order valence-electron chi connectivity index (χ2n) is 6.36. The largest absolute Gasteiger partial charge is 0.481 e. The van der Waals surface area contributed by atoms with Crippen LogP contribution in [0.3, 0.4) is 0 Å². The molecule has 2 aromatic rings. The number of nitrogens with zero attached hydrogens (tertiary/aromatic N) is 3. The van der Waals surface area contributed by atoms with Crippen molar-refractivity contribution in [1.82, 2.24) is 5.01 Å². The lowest BCUT2D eigenvalue weighted by Gasteiger charge is -2.20. The van der Waals surface area contributed by atoms with Gasteiger partial charge in [0.05, 0.1) is 18.2 Å². The third kappa shape index (κ3) is 3.94. The molecule has 0 fully saturated rings. The number of anilines is 1. The summed E-state index contributed by atoms with van der Waals surface area (Å²) in [5.74, 6) is -1.24. The van der Waals surface area contributed by atoms with Crippen LogP contribution in [0.5, 0.6) is 0 Å². The highest BCUT2D eigenvalue weighted by atomic mass is 32.1. The maximum absolute atomic E-state index is 12.5. The predicted octanol–water partition coefficient (Wildman–Crippen LogP) is 3.36. The average molecular weight is 371 g/mol. The molecule has 6 nitrogen and oxygen atoms in total. The number of carbonyl (C=O) groups excluding carboxylic acids is 1. The Bertz CT molecular complexity index is 813. The summed E-state index contributed by atoms with van der Waals surface area (Å²) in [7, 11) is 3.97. The van der Waals surface area contributed by atoms with E-state index in [1.807, 2.05) is 60.8 Å². The Balaban J connectivity index is 1.85. The van der Waals surface area contributed by atoms with Crippen molar-refractivity contribution in [2.75, 3.05) is 19.0 Å². The molecule has 1 aromatic heterocycles. The predicted molar refractivity (Wildman–Crippen MR) is 103 cm³/mol. The zero-order valence-electron chi connectivity index (χ0n) is 14.8. The number of carboxylic acids is 1. The van der Waals surface area contributed by atoms with Crippen molar-refractivity contribution in [2.45, 2.75) is 25.3 Å². The Morgan fingerprint density at radius 1 is 1.23 bits per heavy atom. The Hall–Kier alpha value is -2.67. The second kappa shape index (κ2) is 7.70. The van der Waals surface area contributed by atoms with Crippen LogP contribution in [0.2, 0.25) is 0 Å². The number of amides is 1. The monoisotopic (exact) mass is 371 g/mol. The lowest BCUT2D eigenvalue weighted by molar-refractivity contribution is -0.141. The van der Waals surface area contributed by atoms with Gasteiger partial charge in [-0.25, -0.2) is 5.01 Å². The third-order valence-corrected chi connectivity index (χ3v) is 5.28.